The summed E-state index contributed by atoms with van der Waals surface area (Å²) in [5.41, 5.74) is 0.768. The smallest absolute Gasteiger partial charge is 0.269 e. The predicted molar refractivity (Wildman–Crippen MR) is 80.9 cm³/mol. The summed E-state index contributed by atoms with van der Waals surface area (Å²) in [6, 6.07) is 8.28. The van der Waals surface area contributed by atoms with Gasteiger partial charge >= 0.3 is 0 Å². The van der Waals surface area contributed by atoms with E-state index in [4.69, 9.17) is 5.26 Å². The van der Waals surface area contributed by atoms with Crippen molar-refractivity contribution in [1.82, 2.24) is 4.90 Å². The minimum absolute atomic E-state index is 0.0175. The summed E-state index contributed by atoms with van der Waals surface area (Å²) in [5, 5.41) is 19.4. The quantitative estimate of drug-likeness (QED) is 0.572. The van der Waals surface area contributed by atoms with Gasteiger partial charge in [0.1, 0.15) is 0 Å². The van der Waals surface area contributed by atoms with E-state index in [2.05, 4.69) is 6.07 Å². The van der Waals surface area contributed by atoms with Crippen molar-refractivity contribution in [1.29, 1.82) is 5.26 Å². The van der Waals surface area contributed by atoms with Crippen LogP contribution in [-0.4, -0.2) is 28.3 Å². The minimum Gasteiger partial charge on any atom is -0.338 e. The van der Waals surface area contributed by atoms with E-state index in [9.17, 15) is 14.9 Å². The number of nitrogens with zero attached hydrogens (tertiary/aromatic N) is 3. The van der Waals surface area contributed by atoms with Crippen LogP contribution < -0.4 is 0 Å². The molecule has 1 aromatic carbocycles. The number of hydrogen-bond acceptors (Lipinski definition) is 4. The fraction of sp³-hybridized carbons (Fsp3) is 0.500. The maximum Gasteiger partial charge on any atom is 0.269 e. The van der Waals surface area contributed by atoms with Crippen molar-refractivity contribution in [2.24, 2.45) is 5.92 Å². The van der Waals surface area contributed by atoms with Crippen LogP contribution in [0.4, 0.5) is 5.69 Å². The topological polar surface area (TPSA) is 87.2 Å². The third-order valence-electron chi connectivity index (χ3n) is 4.08. The first kappa shape index (κ1) is 16.0. The molecule has 0 N–H and O–H groups in total. The second kappa shape index (κ2) is 7.03. The van der Waals surface area contributed by atoms with Gasteiger partial charge in [0, 0.05) is 24.7 Å². The molecule has 1 atom stereocenters. The first-order chi connectivity index (χ1) is 10.5. The van der Waals surface area contributed by atoms with Gasteiger partial charge in [0.05, 0.1) is 23.8 Å². The highest BCUT2D eigenvalue weighted by Crippen LogP contribution is 2.35. The molecule has 1 aromatic rings. The Bertz CT molecular complexity index is 588. The Hall–Kier alpha value is -2.42. The molecule has 6 heteroatoms. The summed E-state index contributed by atoms with van der Waals surface area (Å²) in [6.45, 7) is 2.47. The largest absolute Gasteiger partial charge is 0.338 e. The lowest BCUT2D eigenvalue weighted by molar-refractivity contribution is -0.384. The van der Waals surface area contributed by atoms with Crippen LogP contribution in [0.2, 0.25) is 0 Å². The first-order valence-corrected chi connectivity index (χ1v) is 7.42. The summed E-state index contributed by atoms with van der Waals surface area (Å²) in [4.78, 5) is 24.4. The molecular formula is C16H19N3O3. The summed E-state index contributed by atoms with van der Waals surface area (Å²) < 4.78 is 0. The van der Waals surface area contributed by atoms with Gasteiger partial charge in [0.25, 0.3) is 5.69 Å². The molecule has 0 heterocycles. The number of nitro benzene ring substituents is 1. The Morgan fingerprint density at radius 3 is 2.59 bits per heavy atom. The van der Waals surface area contributed by atoms with E-state index in [1.54, 1.807) is 17.0 Å². The zero-order valence-electron chi connectivity index (χ0n) is 12.6. The van der Waals surface area contributed by atoms with Crippen molar-refractivity contribution < 1.29 is 9.72 Å². The zero-order valence-corrected chi connectivity index (χ0v) is 12.6. The summed E-state index contributed by atoms with van der Waals surface area (Å²) in [6.07, 6.45) is 2.80. The van der Waals surface area contributed by atoms with Crippen LogP contribution in [0.3, 0.4) is 0 Å². The van der Waals surface area contributed by atoms with Crippen LogP contribution in [0.1, 0.15) is 31.7 Å². The standard InChI is InChI=1S/C16H19N3O3/c1-12(14-5-6-14)18(10-2-9-17)16(20)11-13-3-7-15(8-4-13)19(21)22/h3-4,7-8,12,14H,2,5-6,10-11H2,1H3. The average Bonchev–Trinajstić information content (AvgIpc) is 3.32. The van der Waals surface area contributed by atoms with E-state index < -0.39 is 4.92 Å². The molecule has 0 spiro atoms. The SMILES string of the molecule is CC(C1CC1)N(CCC#N)C(=O)Cc1ccc([N+](=O)[O-])cc1. The fourth-order valence-electron chi connectivity index (χ4n) is 2.57. The van der Waals surface area contributed by atoms with Crippen LogP contribution in [0, 0.1) is 27.4 Å². The number of nitriles is 1. The molecular weight excluding hydrogens is 282 g/mol. The number of non-ortho nitro benzene ring substituents is 1. The van der Waals surface area contributed by atoms with Gasteiger partial charge in [0.15, 0.2) is 0 Å². The summed E-state index contributed by atoms with van der Waals surface area (Å²) in [7, 11) is 0. The van der Waals surface area contributed by atoms with E-state index in [1.807, 2.05) is 6.92 Å². The lowest BCUT2D eigenvalue weighted by Gasteiger charge is -2.29. The molecule has 116 valence electrons. The molecule has 22 heavy (non-hydrogen) atoms. The van der Waals surface area contributed by atoms with Crippen molar-refractivity contribution >= 4 is 11.6 Å². The van der Waals surface area contributed by atoms with Gasteiger partial charge < -0.3 is 4.90 Å². The third-order valence-corrected chi connectivity index (χ3v) is 4.08. The molecule has 1 aliphatic rings. The molecule has 1 unspecified atom stereocenters. The highest BCUT2D eigenvalue weighted by atomic mass is 16.6. The second-order valence-corrected chi connectivity index (χ2v) is 5.67. The molecule has 0 bridgehead atoms. The van der Waals surface area contributed by atoms with Crippen LogP contribution in [-0.2, 0) is 11.2 Å². The third kappa shape index (κ3) is 4.04. The van der Waals surface area contributed by atoms with Crippen LogP contribution in [0.25, 0.3) is 0 Å². The number of amides is 1. The van der Waals surface area contributed by atoms with Crippen molar-refractivity contribution in [2.75, 3.05) is 6.54 Å². The Labute approximate surface area is 129 Å². The van der Waals surface area contributed by atoms with E-state index in [-0.39, 0.29) is 24.1 Å². The Morgan fingerprint density at radius 1 is 1.45 bits per heavy atom. The lowest BCUT2D eigenvalue weighted by Crippen LogP contribution is -2.41. The van der Waals surface area contributed by atoms with Crippen molar-refractivity contribution in [3.63, 3.8) is 0 Å². The number of rotatable bonds is 7. The number of carbonyl (C=O) groups is 1. The van der Waals surface area contributed by atoms with Gasteiger partial charge in [-0.05, 0) is 31.2 Å². The molecule has 0 radical (unpaired) electrons. The van der Waals surface area contributed by atoms with E-state index >= 15 is 0 Å². The number of carbonyl (C=O) groups excluding carboxylic acids is 1. The normalized spacial score (nSPS) is 14.9. The molecule has 0 aromatic heterocycles. The Morgan fingerprint density at radius 2 is 2.09 bits per heavy atom. The lowest BCUT2D eigenvalue weighted by atomic mass is 10.1. The van der Waals surface area contributed by atoms with Crippen molar-refractivity contribution in [3.8, 4) is 6.07 Å². The molecule has 2 rings (SSSR count). The van der Waals surface area contributed by atoms with Gasteiger partial charge in [-0.1, -0.05) is 12.1 Å². The molecule has 0 saturated heterocycles. The Balaban J connectivity index is 2.03. The van der Waals surface area contributed by atoms with E-state index in [1.165, 1.54) is 12.1 Å². The monoisotopic (exact) mass is 301 g/mol. The van der Waals surface area contributed by atoms with E-state index in [0.717, 1.165) is 18.4 Å². The summed E-state index contributed by atoms with van der Waals surface area (Å²) >= 11 is 0. The number of benzene rings is 1. The predicted octanol–water partition coefficient (Wildman–Crippen LogP) is 2.68. The Kier molecular flexibility index (Phi) is 5.10. The highest BCUT2D eigenvalue weighted by molar-refractivity contribution is 5.79. The fourth-order valence-corrected chi connectivity index (χ4v) is 2.57. The average molecular weight is 301 g/mol. The zero-order chi connectivity index (χ0) is 16.1. The molecule has 6 nitrogen and oxygen atoms in total. The molecule has 0 aliphatic heterocycles. The molecule has 1 saturated carbocycles. The van der Waals surface area contributed by atoms with Gasteiger partial charge in [0.2, 0.25) is 5.91 Å². The maximum atomic E-state index is 12.5. The van der Waals surface area contributed by atoms with Crippen molar-refractivity contribution in [3.05, 3.63) is 39.9 Å². The number of nitro groups is 1. The summed E-state index contributed by atoms with van der Waals surface area (Å²) in [5.74, 6) is 0.517. The van der Waals surface area contributed by atoms with Crippen LogP contribution in [0.15, 0.2) is 24.3 Å². The highest BCUT2D eigenvalue weighted by Gasteiger charge is 2.33. The van der Waals surface area contributed by atoms with Gasteiger partial charge in [-0.3, -0.25) is 14.9 Å². The maximum absolute atomic E-state index is 12.5. The van der Waals surface area contributed by atoms with Gasteiger partial charge in [-0.25, -0.2) is 0 Å². The van der Waals surface area contributed by atoms with Crippen LogP contribution >= 0.6 is 0 Å². The molecule has 1 amide bonds. The first-order valence-electron chi connectivity index (χ1n) is 7.42. The minimum atomic E-state index is -0.458. The van der Waals surface area contributed by atoms with Crippen molar-refractivity contribution in [2.45, 2.75) is 38.6 Å². The van der Waals surface area contributed by atoms with E-state index in [0.29, 0.717) is 18.9 Å². The van der Waals surface area contributed by atoms with Crippen LogP contribution in [0.5, 0.6) is 0 Å². The van der Waals surface area contributed by atoms with Gasteiger partial charge in [-0.15, -0.1) is 0 Å². The molecule has 1 aliphatic carbocycles. The molecule has 1 fully saturated rings. The second-order valence-electron chi connectivity index (χ2n) is 5.67. The number of hydrogen-bond donors (Lipinski definition) is 0. The van der Waals surface area contributed by atoms with Gasteiger partial charge in [-0.2, -0.15) is 5.26 Å².